The topological polar surface area (TPSA) is 54.2 Å². The Hall–Kier alpha value is -0.750. The molecule has 6 heteroatoms. The maximum absolute atomic E-state index is 5.71. The summed E-state index contributed by atoms with van der Waals surface area (Å²) in [5.74, 6) is 3.57. The van der Waals surface area contributed by atoms with E-state index in [1.54, 1.807) is 0 Å². The molecular formula is C12H22N4OS. The SMILES string of the molecule is CC(C)CNCc1nnc(N2CCSCC2C)o1. The summed E-state index contributed by atoms with van der Waals surface area (Å²) in [5, 5.41) is 11.6. The molecule has 1 fully saturated rings. The molecule has 1 aliphatic heterocycles. The molecule has 1 saturated heterocycles. The average molecular weight is 270 g/mol. The van der Waals surface area contributed by atoms with E-state index < -0.39 is 0 Å². The first-order chi connectivity index (χ1) is 8.66. The molecule has 18 heavy (non-hydrogen) atoms. The van der Waals surface area contributed by atoms with E-state index in [4.69, 9.17) is 4.42 Å². The molecule has 1 N–H and O–H groups in total. The maximum Gasteiger partial charge on any atom is 0.318 e. The van der Waals surface area contributed by atoms with Crippen LogP contribution in [0.3, 0.4) is 0 Å². The Labute approximate surface area is 113 Å². The predicted molar refractivity (Wildman–Crippen MR) is 75.0 cm³/mol. The summed E-state index contributed by atoms with van der Waals surface area (Å²) >= 11 is 1.98. The molecule has 1 aromatic rings. The number of anilines is 1. The number of rotatable bonds is 5. The standard InChI is InChI=1S/C12H22N4OS/c1-9(2)6-13-7-11-14-15-12(17-11)16-4-5-18-8-10(16)3/h9-10,13H,4-8H2,1-3H3. The van der Waals surface area contributed by atoms with Crippen molar-refractivity contribution in [3.63, 3.8) is 0 Å². The van der Waals surface area contributed by atoms with Gasteiger partial charge >= 0.3 is 6.01 Å². The summed E-state index contributed by atoms with van der Waals surface area (Å²) < 4.78 is 5.71. The number of nitrogens with one attached hydrogen (secondary N) is 1. The fourth-order valence-electron chi connectivity index (χ4n) is 1.91. The van der Waals surface area contributed by atoms with Crippen molar-refractivity contribution >= 4 is 17.8 Å². The van der Waals surface area contributed by atoms with Gasteiger partial charge in [-0.3, -0.25) is 0 Å². The van der Waals surface area contributed by atoms with Crippen molar-refractivity contribution in [3.8, 4) is 0 Å². The van der Waals surface area contributed by atoms with Crippen LogP contribution < -0.4 is 10.2 Å². The number of thioether (sulfide) groups is 1. The van der Waals surface area contributed by atoms with Gasteiger partial charge in [0.05, 0.1) is 6.54 Å². The highest BCUT2D eigenvalue weighted by Crippen LogP contribution is 2.22. The van der Waals surface area contributed by atoms with Crippen molar-refractivity contribution in [2.75, 3.05) is 29.5 Å². The predicted octanol–water partition coefficient (Wildman–Crippen LogP) is 1.76. The van der Waals surface area contributed by atoms with Crippen LogP contribution in [-0.4, -0.2) is 40.8 Å². The van der Waals surface area contributed by atoms with Crippen molar-refractivity contribution in [3.05, 3.63) is 5.89 Å². The second-order valence-electron chi connectivity index (χ2n) is 5.12. The Morgan fingerprint density at radius 3 is 3.06 bits per heavy atom. The first-order valence-electron chi connectivity index (χ1n) is 6.54. The van der Waals surface area contributed by atoms with E-state index in [9.17, 15) is 0 Å². The normalized spacial score (nSPS) is 20.7. The van der Waals surface area contributed by atoms with E-state index in [1.165, 1.54) is 0 Å². The lowest BCUT2D eigenvalue weighted by Crippen LogP contribution is -2.40. The summed E-state index contributed by atoms with van der Waals surface area (Å²) in [7, 11) is 0. The fraction of sp³-hybridized carbons (Fsp3) is 0.833. The molecule has 0 amide bonds. The van der Waals surface area contributed by atoms with E-state index >= 15 is 0 Å². The van der Waals surface area contributed by atoms with Gasteiger partial charge in [-0.15, -0.1) is 5.10 Å². The van der Waals surface area contributed by atoms with Crippen molar-refractivity contribution in [1.82, 2.24) is 15.5 Å². The molecule has 0 aromatic carbocycles. The van der Waals surface area contributed by atoms with Gasteiger partial charge < -0.3 is 14.6 Å². The van der Waals surface area contributed by atoms with E-state index in [2.05, 4.69) is 41.2 Å². The number of hydrogen-bond donors (Lipinski definition) is 1. The second-order valence-corrected chi connectivity index (χ2v) is 6.27. The van der Waals surface area contributed by atoms with Crippen molar-refractivity contribution < 1.29 is 4.42 Å². The highest BCUT2D eigenvalue weighted by atomic mass is 32.2. The van der Waals surface area contributed by atoms with Gasteiger partial charge in [-0.1, -0.05) is 18.9 Å². The third-order valence-electron chi connectivity index (χ3n) is 2.90. The lowest BCUT2D eigenvalue weighted by atomic mass is 10.2. The largest absolute Gasteiger partial charge is 0.407 e. The highest BCUT2D eigenvalue weighted by Gasteiger charge is 2.23. The number of nitrogens with zero attached hydrogens (tertiary/aromatic N) is 3. The molecule has 0 saturated carbocycles. The minimum Gasteiger partial charge on any atom is -0.407 e. The Morgan fingerprint density at radius 2 is 2.33 bits per heavy atom. The molecule has 2 heterocycles. The lowest BCUT2D eigenvalue weighted by molar-refractivity contribution is 0.442. The molecule has 0 aliphatic carbocycles. The van der Waals surface area contributed by atoms with Gasteiger partial charge in [0.15, 0.2) is 0 Å². The first kappa shape index (κ1) is 13.7. The summed E-state index contributed by atoms with van der Waals surface area (Å²) in [5.41, 5.74) is 0. The van der Waals surface area contributed by atoms with Crippen molar-refractivity contribution in [1.29, 1.82) is 0 Å². The Morgan fingerprint density at radius 1 is 1.50 bits per heavy atom. The molecule has 1 aliphatic rings. The summed E-state index contributed by atoms with van der Waals surface area (Å²) in [6, 6.07) is 1.14. The van der Waals surface area contributed by atoms with Gasteiger partial charge in [-0.05, 0) is 19.4 Å². The third kappa shape index (κ3) is 3.62. The highest BCUT2D eigenvalue weighted by molar-refractivity contribution is 7.99. The molecule has 0 radical (unpaired) electrons. The Kier molecular flexibility index (Phi) is 4.88. The van der Waals surface area contributed by atoms with Gasteiger partial charge in [0.2, 0.25) is 5.89 Å². The van der Waals surface area contributed by atoms with Crippen molar-refractivity contribution in [2.45, 2.75) is 33.4 Å². The molecule has 1 unspecified atom stereocenters. The van der Waals surface area contributed by atoms with Gasteiger partial charge in [-0.2, -0.15) is 11.8 Å². The lowest BCUT2D eigenvalue weighted by Gasteiger charge is -2.31. The van der Waals surface area contributed by atoms with Gasteiger partial charge in [0.25, 0.3) is 0 Å². The Bertz CT molecular complexity index is 369. The van der Waals surface area contributed by atoms with Crippen LogP contribution in [0, 0.1) is 5.92 Å². The van der Waals surface area contributed by atoms with Crippen LogP contribution in [0.5, 0.6) is 0 Å². The van der Waals surface area contributed by atoms with Crippen molar-refractivity contribution in [2.24, 2.45) is 5.92 Å². The van der Waals surface area contributed by atoms with Gasteiger partial charge in [0.1, 0.15) is 0 Å². The third-order valence-corrected chi connectivity index (χ3v) is 4.09. The number of hydrogen-bond acceptors (Lipinski definition) is 6. The minimum atomic E-state index is 0.473. The van der Waals surface area contributed by atoms with Crippen LogP contribution in [0.2, 0.25) is 0 Å². The van der Waals surface area contributed by atoms with Crippen LogP contribution in [0.15, 0.2) is 4.42 Å². The fourth-order valence-corrected chi connectivity index (χ4v) is 2.92. The van der Waals surface area contributed by atoms with Gasteiger partial charge in [-0.25, -0.2) is 0 Å². The van der Waals surface area contributed by atoms with E-state index in [0.29, 0.717) is 30.4 Å². The maximum atomic E-state index is 5.71. The van der Waals surface area contributed by atoms with Crippen LogP contribution in [0.1, 0.15) is 26.7 Å². The molecule has 1 aromatic heterocycles. The van der Waals surface area contributed by atoms with Crippen LogP contribution in [0.25, 0.3) is 0 Å². The quantitative estimate of drug-likeness (QED) is 0.880. The zero-order valence-corrected chi connectivity index (χ0v) is 12.2. The second kappa shape index (κ2) is 6.43. The molecular weight excluding hydrogens is 248 g/mol. The molecule has 2 rings (SSSR count). The smallest absolute Gasteiger partial charge is 0.318 e. The average Bonchev–Trinajstić information content (AvgIpc) is 2.78. The van der Waals surface area contributed by atoms with Crippen LogP contribution in [-0.2, 0) is 6.54 Å². The molecule has 0 bridgehead atoms. The Balaban J connectivity index is 1.88. The number of aromatic nitrogens is 2. The molecule has 5 nitrogen and oxygen atoms in total. The summed E-state index contributed by atoms with van der Waals surface area (Å²) in [6.07, 6.45) is 0. The molecule has 102 valence electrons. The zero-order chi connectivity index (χ0) is 13.0. The zero-order valence-electron chi connectivity index (χ0n) is 11.3. The minimum absolute atomic E-state index is 0.473. The van der Waals surface area contributed by atoms with E-state index in [1.807, 2.05) is 11.8 Å². The van der Waals surface area contributed by atoms with Crippen LogP contribution >= 0.6 is 11.8 Å². The van der Waals surface area contributed by atoms with E-state index in [0.717, 1.165) is 24.6 Å². The summed E-state index contributed by atoms with van der Waals surface area (Å²) in [4.78, 5) is 2.20. The molecule has 1 atom stereocenters. The summed E-state index contributed by atoms with van der Waals surface area (Å²) in [6.45, 7) is 9.18. The molecule has 0 spiro atoms. The van der Waals surface area contributed by atoms with E-state index in [-0.39, 0.29) is 0 Å². The van der Waals surface area contributed by atoms with Crippen LogP contribution in [0.4, 0.5) is 6.01 Å². The first-order valence-corrected chi connectivity index (χ1v) is 7.69. The van der Waals surface area contributed by atoms with Gasteiger partial charge in [0, 0.05) is 24.1 Å². The monoisotopic (exact) mass is 270 g/mol.